The van der Waals surface area contributed by atoms with E-state index in [0.717, 1.165) is 0 Å². The maximum atomic E-state index is 12.5. The van der Waals surface area contributed by atoms with E-state index in [1.165, 1.54) is 0 Å². The molecule has 150 valence electrons. The quantitative estimate of drug-likeness (QED) is 0.689. The topological polar surface area (TPSA) is 95.1 Å². The summed E-state index contributed by atoms with van der Waals surface area (Å²) in [6.07, 6.45) is 0. The highest BCUT2D eigenvalue weighted by molar-refractivity contribution is 6.07. The lowest BCUT2D eigenvalue weighted by molar-refractivity contribution is 0.101. The number of hydrogen-bond acceptors (Lipinski definition) is 6. The minimum atomic E-state index is -0.295. The van der Waals surface area contributed by atoms with Gasteiger partial charge < -0.3 is 29.6 Å². The first kappa shape index (κ1) is 17.9. The van der Waals surface area contributed by atoms with Gasteiger partial charge in [-0.1, -0.05) is 0 Å². The van der Waals surface area contributed by atoms with Gasteiger partial charge >= 0.3 is 0 Å². The molecule has 0 saturated carbocycles. The summed E-state index contributed by atoms with van der Waals surface area (Å²) in [6.45, 7) is 0.338. The van der Waals surface area contributed by atoms with Gasteiger partial charge in [-0.2, -0.15) is 0 Å². The van der Waals surface area contributed by atoms with Crippen molar-refractivity contribution in [2.75, 3.05) is 24.2 Å². The number of carbonyl (C=O) groups excluding carboxylic acids is 2. The number of amides is 2. The summed E-state index contributed by atoms with van der Waals surface area (Å²) < 4.78 is 21.1. The van der Waals surface area contributed by atoms with Gasteiger partial charge in [0.15, 0.2) is 23.0 Å². The van der Waals surface area contributed by atoms with Crippen LogP contribution in [0.1, 0.15) is 20.7 Å². The Balaban J connectivity index is 1.24. The number of nitrogens with one attached hydrogen (secondary N) is 2. The Bertz CT molecular complexity index is 1050. The minimum Gasteiger partial charge on any atom is -0.454 e. The molecule has 0 fully saturated rings. The molecule has 2 aliphatic rings. The third kappa shape index (κ3) is 3.46. The van der Waals surface area contributed by atoms with Crippen LogP contribution in [0.4, 0.5) is 11.4 Å². The highest BCUT2D eigenvalue weighted by Gasteiger charge is 2.16. The predicted molar refractivity (Wildman–Crippen MR) is 107 cm³/mol. The van der Waals surface area contributed by atoms with Crippen molar-refractivity contribution in [1.29, 1.82) is 0 Å². The summed E-state index contributed by atoms with van der Waals surface area (Å²) >= 11 is 0. The zero-order valence-electron chi connectivity index (χ0n) is 15.6. The van der Waals surface area contributed by atoms with E-state index in [0.29, 0.717) is 45.5 Å². The van der Waals surface area contributed by atoms with Gasteiger partial charge in [0.05, 0.1) is 0 Å². The van der Waals surface area contributed by atoms with Crippen molar-refractivity contribution in [3.05, 3.63) is 71.8 Å². The largest absolute Gasteiger partial charge is 0.454 e. The zero-order valence-corrected chi connectivity index (χ0v) is 15.6. The molecular weight excluding hydrogens is 388 g/mol. The molecule has 3 aromatic carbocycles. The molecule has 0 unspecified atom stereocenters. The highest BCUT2D eigenvalue weighted by Crippen LogP contribution is 2.35. The number of ether oxygens (including phenoxy) is 4. The molecule has 2 N–H and O–H groups in total. The van der Waals surface area contributed by atoms with E-state index in [9.17, 15) is 9.59 Å². The summed E-state index contributed by atoms with van der Waals surface area (Å²) in [6, 6.07) is 16.7. The van der Waals surface area contributed by atoms with Crippen molar-refractivity contribution < 1.29 is 28.5 Å². The Labute approximate surface area is 171 Å². The van der Waals surface area contributed by atoms with Crippen LogP contribution < -0.4 is 29.6 Å². The van der Waals surface area contributed by atoms with Gasteiger partial charge in [-0.25, -0.2) is 0 Å². The molecule has 0 aromatic heterocycles. The van der Waals surface area contributed by atoms with Crippen molar-refractivity contribution in [3.8, 4) is 23.0 Å². The van der Waals surface area contributed by atoms with E-state index in [4.69, 9.17) is 18.9 Å². The number of benzene rings is 3. The number of carbonyl (C=O) groups is 2. The van der Waals surface area contributed by atoms with Gasteiger partial charge in [0.1, 0.15) is 0 Å². The lowest BCUT2D eigenvalue weighted by atomic mass is 10.1. The molecule has 2 amide bonds. The van der Waals surface area contributed by atoms with Gasteiger partial charge in [-0.15, -0.1) is 0 Å². The lowest BCUT2D eigenvalue weighted by Gasteiger charge is -2.08. The molecule has 8 heteroatoms. The number of rotatable bonds is 4. The van der Waals surface area contributed by atoms with E-state index in [-0.39, 0.29) is 25.4 Å². The molecule has 8 nitrogen and oxygen atoms in total. The third-order valence-corrected chi connectivity index (χ3v) is 4.67. The van der Waals surface area contributed by atoms with Gasteiger partial charge in [0.2, 0.25) is 13.6 Å². The van der Waals surface area contributed by atoms with Gasteiger partial charge in [-0.3, -0.25) is 9.59 Å². The van der Waals surface area contributed by atoms with Crippen LogP contribution in [0.15, 0.2) is 60.7 Å². The molecule has 2 aliphatic heterocycles. The Kier molecular flexibility index (Phi) is 4.36. The van der Waals surface area contributed by atoms with E-state index < -0.39 is 0 Å². The Morgan fingerprint density at radius 1 is 0.567 bits per heavy atom. The summed E-state index contributed by atoms with van der Waals surface area (Å²) in [5, 5.41) is 5.60. The molecule has 3 aromatic rings. The van der Waals surface area contributed by atoms with Crippen molar-refractivity contribution in [2.24, 2.45) is 0 Å². The first-order valence-electron chi connectivity index (χ1n) is 9.18. The number of fused-ring (bicyclic) bond motifs is 2. The van der Waals surface area contributed by atoms with Crippen molar-refractivity contribution in [2.45, 2.75) is 0 Å². The van der Waals surface area contributed by atoms with Crippen LogP contribution >= 0.6 is 0 Å². The fourth-order valence-corrected chi connectivity index (χ4v) is 3.13. The Morgan fingerprint density at radius 2 is 0.967 bits per heavy atom. The minimum absolute atomic E-state index is 0.169. The Morgan fingerprint density at radius 3 is 1.40 bits per heavy atom. The molecular formula is C22H16N2O6. The lowest BCUT2D eigenvalue weighted by Crippen LogP contribution is -2.14. The molecule has 5 rings (SSSR count). The molecule has 2 heterocycles. The first-order valence-corrected chi connectivity index (χ1v) is 9.18. The monoisotopic (exact) mass is 404 g/mol. The second-order valence-corrected chi connectivity index (χ2v) is 6.62. The van der Waals surface area contributed by atoms with E-state index in [2.05, 4.69) is 10.6 Å². The predicted octanol–water partition coefficient (Wildman–Crippen LogP) is 3.65. The maximum Gasteiger partial charge on any atom is 0.255 e. The van der Waals surface area contributed by atoms with Gasteiger partial charge in [0, 0.05) is 34.6 Å². The molecule has 0 bridgehead atoms. The fraction of sp³-hybridized carbons (Fsp3) is 0.0909. The maximum absolute atomic E-state index is 12.5. The Hall–Kier alpha value is -4.20. The first-order chi connectivity index (χ1) is 14.7. The molecule has 0 saturated heterocycles. The third-order valence-electron chi connectivity index (χ3n) is 4.67. The second-order valence-electron chi connectivity index (χ2n) is 6.62. The van der Waals surface area contributed by atoms with Gasteiger partial charge in [-0.05, 0) is 48.5 Å². The van der Waals surface area contributed by atoms with Crippen LogP contribution in [0.5, 0.6) is 23.0 Å². The summed E-state index contributed by atoms with van der Waals surface area (Å²) in [4.78, 5) is 25.0. The SMILES string of the molecule is O=C(Nc1ccc2c(c1)OCO2)c1ccc(C(=O)Nc2ccc3c(c2)OCO3)cc1. The van der Waals surface area contributed by atoms with Crippen LogP contribution in [0.2, 0.25) is 0 Å². The molecule has 30 heavy (non-hydrogen) atoms. The zero-order chi connectivity index (χ0) is 20.5. The van der Waals surface area contributed by atoms with Crippen molar-refractivity contribution in [1.82, 2.24) is 0 Å². The number of hydrogen-bond donors (Lipinski definition) is 2. The highest BCUT2D eigenvalue weighted by atomic mass is 16.7. The van der Waals surface area contributed by atoms with Crippen LogP contribution in [0.3, 0.4) is 0 Å². The van der Waals surface area contributed by atoms with E-state index in [1.807, 2.05) is 0 Å². The summed E-state index contributed by atoms with van der Waals surface area (Å²) in [7, 11) is 0. The molecule has 0 atom stereocenters. The van der Waals surface area contributed by atoms with Crippen LogP contribution in [-0.4, -0.2) is 25.4 Å². The average molecular weight is 404 g/mol. The standard InChI is InChI=1S/C22H16N2O6/c25-21(23-15-5-7-17-19(9-15)29-11-27-17)13-1-2-14(4-3-13)22(26)24-16-6-8-18-20(10-16)30-12-28-18/h1-10H,11-12H2,(H,23,25)(H,24,26). The summed E-state index contributed by atoms with van der Waals surface area (Å²) in [5.74, 6) is 1.87. The van der Waals surface area contributed by atoms with E-state index in [1.54, 1.807) is 60.7 Å². The normalized spacial score (nSPS) is 13.1. The van der Waals surface area contributed by atoms with Crippen LogP contribution in [-0.2, 0) is 0 Å². The number of anilines is 2. The molecule has 0 aliphatic carbocycles. The van der Waals surface area contributed by atoms with Crippen LogP contribution in [0, 0.1) is 0 Å². The fourth-order valence-electron chi connectivity index (χ4n) is 3.13. The van der Waals surface area contributed by atoms with Gasteiger partial charge in [0.25, 0.3) is 11.8 Å². The van der Waals surface area contributed by atoms with Crippen molar-refractivity contribution in [3.63, 3.8) is 0 Å². The smallest absolute Gasteiger partial charge is 0.255 e. The average Bonchev–Trinajstić information content (AvgIpc) is 3.42. The van der Waals surface area contributed by atoms with Crippen LogP contribution in [0.25, 0.3) is 0 Å². The summed E-state index contributed by atoms with van der Waals surface area (Å²) in [5.41, 5.74) is 2.03. The molecule has 0 radical (unpaired) electrons. The molecule has 0 spiro atoms. The van der Waals surface area contributed by atoms with E-state index >= 15 is 0 Å². The van der Waals surface area contributed by atoms with Crippen molar-refractivity contribution >= 4 is 23.2 Å². The second kappa shape index (κ2) is 7.32.